The monoisotopic (exact) mass is 299 g/mol. The van der Waals surface area contributed by atoms with E-state index in [1.807, 2.05) is 18.2 Å². The molecule has 0 radical (unpaired) electrons. The molecule has 2 rings (SSSR count). The summed E-state index contributed by atoms with van der Waals surface area (Å²) in [5.41, 5.74) is 6.62. The number of carbonyl (C=O) groups excluding carboxylic acids is 2. The number of hydrogen-bond donors (Lipinski definition) is 1. The second kappa shape index (κ2) is 6.76. The highest BCUT2D eigenvalue weighted by atomic mass is 16.5. The van der Waals surface area contributed by atoms with Gasteiger partial charge >= 0.3 is 0 Å². The number of ketones is 1. The fraction of sp³-hybridized carbons (Fsp3) is 0.176. The minimum atomic E-state index is -0.589. The Balaban J connectivity index is 2.36. The molecule has 2 aromatic rings. The van der Waals surface area contributed by atoms with E-state index in [2.05, 4.69) is 0 Å². The summed E-state index contributed by atoms with van der Waals surface area (Å²) in [5.74, 6) is 0.282. The van der Waals surface area contributed by atoms with E-state index >= 15 is 0 Å². The highest BCUT2D eigenvalue weighted by Gasteiger charge is 2.17. The van der Waals surface area contributed by atoms with Crippen molar-refractivity contribution < 1.29 is 19.1 Å². The van der Waals surface area contributed by atoms with E-state index < -0.39 is 5.91 Å². The van der Waals surface area contributed by atoms with Gasteiger partial charge in [0.25, 0.3) is 0 Å². The van der Waals surface area contributed by atoms with E-state index in [1.54, 1.807) is 19.2 Å². The van der Waals surface area contributed by atoms with Crippen LogP contribution in [0.4, 0.5) is 0 Å². The van der Waals surface area contributed by atoms with Gasteiger partial charge in [-0.15, -0.1) is 0 Å². The number of methoxy groups -OCH3 is 2. The molecule has 0 bridgehead atoms. The van der Waals surface area contributed by atoms with Crippen molar-refractivity contribution in [2.45, 2.75) is 6.42 Å². The van der Waals surface area contributed by atoms with Crippen LogP contribution >= 0.6 is 0 Å². The van der Waals surface area contributed by atoms with Crippen LogP contribution in [0.25, 0.3) is 0 Å². The van der Waals surface area contributed by atoms with Crippen LogP contribution in [0.15, 0.2) is 42.5 Å². The standard InChI is InChI=1S/C17H17NO4/c1-21-15-6-4-3-5-11(15)10-14(19)13-9-12(17(18)20)7-8-16(13)22-2/h3-9H,10H2,1-2H3,(H2,18,20). The number of ether oxygens (including phenoxy) is 2. The summed E-state index contributed by atoms with van der Waals surface area (Å²) in [6.07, 6.45) is 0.141. The van der Waals surface area contributed by atoms with Crippen LogP contribution in [0.2, 0.25) is 0 Å². The van der Waals surface area contributed by atoms with Crippen molar-refractivity contribution >= 4 is 11.7 Å². The quantitative estimate of drug-likeness (QED) is 0.830. The molecule has 2 aromatic carbocycles. The van der Waals surface area contributed by atoms with Gasteiger partial charge in [-0.25, -0.2) is 0 Å². The van der Waals surface area contributed by atoms with Crippen LogP contribution in [-0.4, -0.2) is 25.9 Å². The average molecular weight is 299 g/mol. The molecule has 0 aliphatic carbocycles. The highest BCUT2D eigenvalue weighted by Crippen LogP contribution is 2.24. The minimum absolute atomic E-state index is 0.141. The van der Waals surface area contributed by atoms with E-state index in [-0.39, 0.29) is 17.8 Å². The second-order valence-electron chi connectivity index (χ2n) is 4.69. The molecule has 22 heavy (non-hydrogen) atoms. The normalized spacial score (nSPS) is 10.1. The van der Waals surface area contributed by atoms with Crippen molar-refractivity contribution in [3.63, 3.8) is 0 Å². The van der Waals surface area contributed by atoms with Gasteiger partial charge in [0.05, 0.1) is 19.8 Å². The lowest BCUT2D eigenvalue weighted by Crippen LogP contribution is -2.13. The summed E-state index contributed by atoms with van der Waals surface area (Å²) in [4.78, 5) is 23.8. The SMILES string of the molecule is COc1ccccc1CC(=O)c1cc(C(N)=O)ccc1OC. The van der Waals surface area contributed by atoms with Gasteiger partial charge in [-0.05, 0) is 24.3 Å². The van der Waals surface area contributed by atoms with E-state index in [9.17, 15) is 9.59 Å². The average Bonchev–Trinajstić information content (AvgIpc) is 2.54. The number of nitrogens with two attached hydrogens (primary N) is 1. The van der Waals surface area contributed by atoms with Gasteiger partial charge in [-0.1, -0.05) is 18.2 Å². The predicted octanol–water partition coefficient (Wildman–Crippen LogP) is 2.23. The molecule has 1 amide bonds. The minimum Gasteiger partial charge on any atom is -0.496 e. The summed E-state index contributed by atoms with van der Waals surface area (Å²) in [7, 11) is 3.02. The van der Waals surface area contributed by atoms with Crippen molar-refractivity contribution in [2.24, 2.45) is 5.73 Å². The van der Waals surface area contributed by atoms with E-state index in [0.717, 1.165) is 5.56 Å². The lowest BCUT2D eigenvalue weighted by atomic mass is 9.99. The Morgan fingerprint density at radius 3 is 2.32 bits per heavy atom. The van der Waals surface area contributed by atoms with Crippen LogP contribution in [-0.2, 0) is 6.42 Å². The smallest absolute Gasteiger partial charge is 0.248 e. The Labute approximate surface area is 128 Å². The number of hydrogen-bond acceptors (Lipinski definition) is 4. The van der Waals surface area contributed by atoms with Crippen LogP contribution in [0, 0.1) is 0 Å². The van der Waals surface area contributed by atoms with Crippen molar-refractivity contribution in [1.29, 1.82) is 0 Å². The van der Waals surface area contributed by atoms with Crippen LogP contribution in [0.5, 0.6) is 11.5 Å². The Hall–Kier alpha value is -2.82. The van der Waals surface area contributed by atoms with Gasteiger partial charge in [-0.3, -0.25) is 9.59 Å². The number of amides is 1. The van der Waals surface area contributed by atoms with Crippen molar-refractivity contribution in [2.75, 3.05) is 14.2 Å². The molecule has 0 fully saturated rings. The third kappa shape index (κ3) is 3.25. The molecular weight excluding hydrogens is 282 g/mol. The molecule has 5 nitrogen and oxygen atoms in total. The number of Topliss-reactive ketones (excluding diaryl/α,β-unsaturated/α-hetero) is 1. The molecule has 0 aliphatic rings. The van der Waals surface area contributed by atoms with E-state index in [0.29, 0.717) is 17.1 Å². The molecule has 0 aromatic heterocycles. The van der Waals surface area contributed by atoms with Crippen LogP contribution in [0.3, 0.4) is 0 Å². The maximum Gasteiger partial charge on any atom is 0.248 e. The molecule has 0 spiro atoms. The number of para-hydroxylation sites is 1. The molecule has 0 unspecified atom stereocenters. The molecule has 0 saturated carbocycles. The molecule has 0 saturated heterocycles. The summed E-state index contributed by atoms with van der Waals surface area (Å²) in [6.45, 7) is 0. The second-order valence-corrected chi connectivity index (χ2v) is 4.69. The topological polar surface area (TPSA) is 78.6 Å². The van der Waals surface area contributed by atoms with Gasteiger partial charge in [-0.2, -0.15) is 0 Å². The molecule has 2 N–H and O–H groups in total. The zero-order chi connectivity index (χ0) is 16.1. The Bertz CT molecular complexity index is 710. The van der Waals surface area contributed by atoms with Gasteiger partial charge in [0.15, 0.2) is 5.78 Å². The maximum absolute atomic E-state index is 12.5. The molecular formula is C17H17NO4. The molecule has 114 valence electrons. The zero-order valence-corrected chi connectivity index (χ0v) is 12.5. The Morgan fingerprint density at radius 1 is 1.00 bits per heavy atom. The number of primary amides is 1. The van der Waals surface area contributed by atoms with Crippen LogP contribution in [0.1, 0.15) is 26.3 Å². The lowest BCUT2D eigenvalue weighted by molar-refractivity contribution is 0.0989. The van der Waals surface area contributed by atoms with Gasteiger partial charge < -0.3 is 15.2 Å². The Morgan fingerprint density at radius 2 is 1.68 bits per heavy atom. The maximum atomic E-state index is 12.5. The molecule has 0 aliphatic heterocycles. The van der Waals surface area contributed by atoms with Gasteiger partial charge in [0.2, 0.25) is 5.91 Å². The van der Waals surface area contributed by atoms with E-state index in [1.165, 1.54) is 19.2 Å². The third-order valence-corrected chi connectivity index (χ3v) is 3.33. The fourth-order valence-electron chi connectivity index (χ4n) is 2.20. The third-order valence-electron chi connectivity index (χ3n) is 3.33. The van der Waals surface area contributed by atoms with Crippen LogP contribution < -0.4 is 15.2 Å². The lowest BCUT2D eigenvalue weighted by Gasteiger charge is -2.11. The summed E-state index contributed by atoms with van der Waals surface area (Å²) < 4.78 is 10.4. The van der Waals surface area contributed by atoms with Crippen molar-refractivity contribution in [1.82, 2.24) is 0 Å². The first-order valence-corrected chi connectivity index (χ1v) is 6.69. The highest BCUT2D eigenvalue weighted by molar-refractivity contribution is 6.03. The predicted molar refractivity (Wildman–Crippen MR) is 82.5 cm³/mol. The molecule has 0 atom stereocenters. The first-order valence-electron chi connectivity index (χ1n) is 6.69. The van der Waals surface area contributed by atoms with Crippen molar-refractivity contribution in [3.8, 4) is 11.5 Å². The number of benzene rings is 2. The summed E-state index contributed by atoms with van der Waals surface area (Å²) in [5, 5.41) is 0. The molecule has 5 heteroatoms. The molecule has 0 heterocycles. The first-order chi connectivity index (χ1) is 10.6. The summed E-state index contributed by atoms with van der Waals surface area (Å²) in [6, 6.07) is 11.8. The van der Waals surface area contributed by atoms with E-state index in [4.69, 9.17) is 15.2 Å². The number of rotatable bonds is 6. The zero-order valence-electron chi connectivity index (χ0n) is 12.5. The van der Waals surface area contributed by atoms with Gasteiger partial charge in [0, 0.05) is 17.5 Å². The Kier molecular flexibility index (Phi) is 4.78. The largest absolute Gasteiger partial charge is 0.496 e. The van der Waals surface area contributed by atoms with Gasteiger partial charge in [0.1, 0.15) is 11.5 Å². The number of carbonyl (C=O) groups is 2. The summed E-state index contributed by atoms with van der Waals surface area (Å²) >= 11 is 0. The fourth-order valence-corrected chi connectivity index (χ4v) is 2.20. The van der Waals surface area contributed by atoms with Crippen molar-refractivity contribution in [3.05, 3.63) is 59.2 Å². The first kappa shape index (κ1) is 15.6.